The van der Waals surface area contributed by atoms with Gasteiger partial charge in [-0.05, 0) is 23.8 Å². The van der Waals surface area contributed by atoms with Gasteiger partial charge in [-0.2, -0.15) is 0 Å². The summed E-state index contributed by atoms with van der Waals surface area (Å²) in [5.41, 5.74) is 5.88. The number of nitrogens with two attached hydrogens (primary N) is 1. The first kappa shape index (κ1) is 12.1. The van der Waals surface area contributed by atoms with E-state index in [1.54, 1.807) is 6.92 Å². The molecule has 1 unspecified atom stereocenters. The number of halogens is 2. The lowest BCUT2D eigenvalue weighted by Crippen LogP contribution is -2.22. The van der Waals surface area contributed by atoms with Gasteiger partial charge in [0.15, 0.2) is 0 Å². The molecule has 1 rings (SSSR count). The Labute approximate surface area is 93.2 Å². The molecule has 4 heteroatoms. The second kappa shape index (κ2) is 5.24. The summed E-state index contributed by atoms with van der Waals surface area (Å²) in [5.74, 6) is -0.628. The molecule has 0 amide bonds. The van der Waals surface area contributed by atoms with Crippen LogP contribution in [0.3, 0.4) is 0 Å². The Morgan fingerprint density at radius 3 is 2.87 bits per heavy atom. The molecule has 0 aliphatic heterocycles. The fourth-order valence-corrected chi connectivity index (χ4v) is 1.36. The van der Waals surface area contributed by atoms with Crippen molar-refractivity contribution in [1.82, 2.24) is 0 Å². The maximum atomic E-state index is 12.9. The van der Waals surface area contributed by atoms with Gasteiger partial charge in [-0.15, -0.1) is 0 Å². The van der Waals surface area contributed by atoms with E-state index >= 15 is 0 Å². The van der Waals surface area contributed by atoms with Crippen LogP contribution in [0.4, 0.5) is 4.39 Å². The Balaban J connectivity index is 2.80. The summed E-state index contributed by atoms with van der Waals surface area (Å²) in [6.45, 7) is 2.04. The van der Waals surface area contributed by atoms with E-state index in [2.05, 4.69) is 0 Å². The topological polar surface area (TPSA) is 43.1 Å². The number of hydrogen-bond donors (Lipinski definition) is 1. The van der Waals surface area contributed by atoms with Crippen molar-refractivity contribution < 1.29 is 9.18 Å². The molecule has 0 aliphatic carbocycles. The molecule has 2 N–H and O–H groups in total. The minimum Gasteiger partial charge on any atom is -0.330 e. The van der Waals surface area contributed by atoms with Crippen LogP contribution >= 0.6 is 11.6 Å². The molecule has 0 saturated carbocycles. The van der Waals surface area contributed by atoms with E-state index < -0.39 is 0 Å². The maximum Gasteiger partial charge on any atom is 0.141 e. The number of hydrogen-bond acceptors (Lipinski definition) is 2. The third-order valence-corrected chi connectivity index (χ3v) is 2.64. The van der Waals surface area contributed by atoms with E-state index in [0.717, 1.165) is 0 Å². The molecule has 2 nitrogen and oxygen atoms in total. The molecule has 0 radical (unpaired) electrons. The quantitative estimate of drug-likeness (QED) is 0.860. The van der Waals surface area contributed by atoms with Gasteiger partial charge >= 0.3 is 0 Å². The number of benzene rings is 1. The van der Waals surface area contributed by atoms with Gasteiger partial charge in [0.2, 0.25) is 0 Å². The normalized spacial score (nSPS) is 12.5. The average molecular weight is 230 g/mol. The van der Waals surface area contributed by atoms with Crippen LogP contribution in [0.2, 0.25) is 5.02 Å². The maximum absolute atomic E-state index is 12.9. The van der Waals surface area contributed by atoms with Gasteiger partial charge in [0, 0.05) is 23.9 Å². The first-order valence-electron chi connectivity index (χ1n) is 4.71. The molecule has 0 bridgehead atoms. The second-order valence-electron chi connectivity index (χ2n) is 3.52. The molecule has 1 atom stereocenters. The zero-order valence-corrected chi connectivity index (χ0v) is 9.22. The predicted molar refractivity (Wildman–Crippen MR) is 58.3 cm³/mol. The Kier molecular flexibility index (Phi) is 4.24. The highest BCUT2D eigenvalue weighted by Gasteiger charge is 2.13. The van der Waals surface area contributed by atoms with Crippen molar-refractivity contribution >= 4 is 17.4 Å². The molecule has 15 heavy (non-hydrogen) atoms. The van der Waals surface area contributed by atoms with Crippen molar-refractivity contribution in [1.29, 1.82) is 0 Å². The van der Waals surface area contributed by atoms with Crippen molar-refractivity contribution in [2.45, 2.75) is 13.3 Å². The fraction of sp³-hybridized carbons (Fsp3) is 0.364. The highest BCUT2D eigenvalue weighted by Crippen LogP contribution is 2.18. The molecule has 0 spiro atoms. The predicted octanol–water partition coefficient (Wildman–Crippen LogP) is 2.19. The Bertz CT molecular complexity index is 368. The van der Waals surface area contributed by atoms with E-state index in [4.69, 9.17) is 17.3 Å². The molecule has 0 fully saturated rings. The monoisotopic (exact) mass is 229 g/mol. The van der Waals surface area contributed by atoms with E-state index in [1.807, 2.05) is 0 Å². The van der Waals surface area contributed by atoms with Gasteiger partial charge in [0.05, 0.1) is 0 Å². The van der Waals surface area contributed by atoms with Gasteiger partial charge in [-0.1, -0.05) is 18.5 Å². The molecule has 0 saturated heterocycles. The molecule has 82 valence electrons. The van der Waals surface area contributed by atoms with Crippen LogP contribution < -0.4 is 5.73 Å². The van der Waals surface area contributed by atoms with Gasteiger partial charge in [0.25, 0.3) is 0 Å². The summed E-state index contributed by atoms with van der Waals surface area (Å²) in [6, 6.07) is 4.00. The lowest BCUT2D eigenvalue weighted by atomic mass is 9.99. The van der Waals surface area contributed by atoms with E-state index in [1.165, 1.54) is 18.2 Å². The average Bonchev–Trinajstić information content (AvgIpc) is 2.22. The Hall–Kier alpha value is -0.930. The van der Waals surface area contributed by atoms with Crippen molar-refractivity contribution in [3.05, 3.63) is 34.6 Å². The van der Waals surface area contributed by atoms with Crippen molar-refractivity contribution in [3.63, 3.8) is 0 Å². The highest BCUT2D eigenvalue weighted by molar-refractivity contribution is 6.31. The highest BCUT2D eigenvalue weighted by atomic mass is 35.5. The lowest BCUT2D eigenvalue weighted by molar-refractivity contribution is -0.121. The van der Waals surface area contributed by atoms with Gasteiger partial charge in [-0.25, -0.2) is 4.39 Å². The van der Waals surface area contributed by atoms with Crippen LogP contribution in [-0.2, 0) is 11.2 Å². The summed E-state index contributed by atoms with van der Waals surface area (Å²) >= 11 is 5.84. The van der Waals surface area contributed by atoms with E-state index in [0.29, 0.717) is 17.1 Å². The standard InChI is InChI=1S/C11H13ClFNO/c1-7(6-14)11(15)5-8-4-9(13)2-3-10(8)12/h2-4,7H,5-6,14H2,1H3. The summed E-state index contributed by atoms with van der Waals surface area (Å²) < 4.78 is 12.9. The molecule has 0 heterocycles. The molecule has 1 aromatic rings. The van der Waals surface area contributed by atoms with Crippen LogP contribution in [0, 0.1) is 11.7 Å². The number of rotatable bonds is 4. The third-order valence-electron chi connectivity index (χ3n) is 2.28. The first-order valence-corrected chi connectivity index (χ1v) is 5.09. The van der Waals surface area contributed by atoms with Crippen molar-refractivity contribution in [2.24, 2.45) is 11.7 Å². The minimum absolute atomic E-state index is 0.0231. The molecule has 0 aromatic heterocycles. The van der Waals surface area contributed by atoms with E-state index in [-0.39, 0.29) is 23.9 Å². The second-order valence-corrected chi connectivity index (χ2v) is 3.92. The first-order chi connectivity index (χ1) is 7.04. The summed E-state index contributed by atoms with van der Waals surface area (Å²) in [7, 11) is 0. The SMILES string of the molecule is CC(CN)C(=O)Cc1cc(F)ccc1Cl. The van der Waals surface area contributed by atoms with Crippen LogP contribution in [0.15, 0.2) is 18.2 Å². The Morgan fingerprint density at radius 1 is 1.60 bits per heavy atom. The summed E-state index contributed by atoms with van der Waals surface area (Å²) in [4.78, 5) is 11.5. The number of ketones is 1. The van der Waals surface area contributed by atoms with Gasteiger partial charge in [-0.3, -0.25) is 4.79 Å². The largest absolute Gasteiger partial charge is 0.330 e. The summed E-state index contributed by atoms with van der Waals surface area (Å²) in [6.07, 6.45) is 0.134. The molecular formula is C11H13ClFNO. The lowest BCUT2D eigenvalue weighted by Gasteiger charge is -2.08. The van der Waals surface area contributed by atoms with E-state index in [9.17, 15) is 9.18 Å². The van der Waals surface area contributed by atoms with Crippen LogP contribution in [0.5, 0.6) is 0 Å². The number of carbonyl (C=O) groups is 1. The number of Topliss-reactive ketones (excluding diaryl/α,β-unsaturated/α-hetero) is 1. The van der Waals surface area contributed by atoms with Crippen molar-refractivity contribution in [3.8, 4) is 0 Å². The molecule has 1 aromatic carbocycles. The summed E-state index contributed by atoms with van der Waals surface area (Å²) in [5, 5.41) is 0.411. The Morgan fingerprint density at radius 2 is 2.27 bits per heavy atom. The van der Waals surface area contributed by atoms with Gasteiger partial charge < -0.3 is 5.73 Å². The minimum atomic E-state index is -0.386. The van der Waals surface area contributed by atoms with Crippen LogP contribution in [-0.4, -0.2) is 12.3 Å². The fourth-order valence-electron chi connectivity index (χ4n) is 1.17. The van der Waals surface area contributed by atoms with Gasteiger partial charge in [0.1, 0.15) is 11.6 Å². The van der Waals surface area contributed by atoms with Crippen LogP contribution in [0.25, 0.3) is 0 Å². The zero-order valence-electron chi connectivity index (χ0n) is 8.47. The van der Waals surface area contributed by atoms with Crippen LogP contribution in [0.1, 0.15) is 12.5 Å². The molecular weight excluding hydrogens is 217 g/mol. The third kappa shape index (κ3) is 3.29. The van der Waals surface area contributed by atoms with Crippen molar-refractivity contribution in [2.75, 3.05) is 6.54 Å². The smallest absolute Gasteiger partial charge is 0.141 e. The molecule has 0 aliphatic rings. The number of carbonyl (C=O) groups excluding carboxylic acids is 1. The zero-order chi connectivity index (χ0) is 11.4.